The van der Waals surface area contributed by atoms with E-state index in [-0.39, 0.29) is 0 Å². The minimum atomic E-state index is 0.615. The molecule has 1 aromatic heterocycles. The second-order valence-corrected chi connectivity index (χ2v) is 4.37. The Kier molecular flexibility index (Phi) is 1.72. The van der Waals surface area contributed by atoms with Crippen molar-refractivity contribution in [2.75, 3.05) is 5.73 Å². The second-order valence-electron chi connectivity index (χ2n) is 4.37. The Bertz CT molecular complexity index is 369. The van der Waals surface area contributed by atoms with Crippen LogP contribution in [0, 0.1) is 0 Å². The molecule has 2 aliphatic rings. The summed E-state index contributed by atoms with van der Waals surface area (Å²) in [5.74, 6) is 2.37. The second kappa shape index (κ2) is 2.94. The van der Waals surface area contributed by atoms with Crippen LogP contribution in [0.5, 0.6) is 0 Å². The van der Waals surface area contributed by atoms with E-state index in [1.54, 1.807) is 0 Å². The molecule has 0 aliphatic heterocycles. The Labute approximate surface area is 83.8 Å². The summed E-state index contributed by atoms with van der Waals surface area (Å²) in [7, 11) is 0. The lowest BCUT2D eigenvalue weighted by Crippen LogP contribution is -2.12. The number of aromatic nitrogens is 2. The van der Waals surface area contributed by atoms with Crippen LogP contribution in [0.25, 0.3) is 0 Å². The van der Waals surface area contributed by atoms with Gasteiger partial charge >= 0.3 is 0 Å². The Balaban J connectivity index is 2.06. The topological polar surface area (TPSA) is 51.8 Å². The molecule has 0 aromatic carbocycles. The zero-order valence-electron chi connectivity index (χ0n) is 8.29. The van der Waals surface area contributed by atoms with Crippen molar-refractivity contribution in [3.63, 3.8) is 0 Å². The molecule has 0 spiro atoms. The van der Waals surface area contributed by atoms with Crippen LogP contribution in [-0.2, 0) is 12.8 Å². The quantitative estimate of drug-likeness (QED) is 0.733. The fourth-order valence-corrected chi connectivity index (χ4v) is 2.17. The van der Waals surface area contributed by atoms with Crippen LogP contribution >= 0.6 is 0 Å². The molecule has 3 heteroatoms. The molecule has 0 atom stereocenters. The highest BCUT2D eigenvalue weighted by Gasteiger charge is 2.28. The number of nitrogens with zero attached hydrogens (tertiary/aromatic N) is 2. The normalized spacial score (nSPS) is 20.6. The fraction of sp³-hybridized carbons (Fsp3) is 0.636. The average molecular weight is 189 g/mol. The molecule has 0 radical (unpaired) electrons. The Morgan fingerprint density at radius 1 is 1.07 bits per heavy atom. The molecule has 2 aliphatic carbocycles. The highest BCUT2D eigenvalue weighted by Crippen LogP contribution is 2.39. The molecule has 1 aromatic rings. The number of nitrogens with two attached hydrogens (primary N) is 1. The van der Waals surface area contributed by atoms with Gasteiger partial charge in [-0.05, 0) is 38.5 Å². The molecular formula is C11H15N3. The number of anilines is 1. The van der Waals surface area contributed by atoms with E-state index in [2.05, 4.69) is 9.97 Å². The number of hydrogen-bond acceptors (Lipinski definition) is 3. The first-order chi connectivity index (χ1) is 6.84. The monoisotopic (exact) mass is 189 g/mol. The SMILES string of the molecule is Nc1nc(C2CC2)nc2c1CCCC2. The molecule has 74 valence electrons. The maximum Gasteiger partial charge on any atom is 0.134 e. The van der Waals surface area contributed by atoms with Crippen LogP contribution in [0.1, 0.15) is 48.7 Å². The summed E-state index contributed by atoms with van der Waals surface area (Å²) >= 11 is 0. The summed E-state index contributed by atoms with van der Waals surface area (Å²) in [6.45, 7) is 0. The van der Waals surface area contributed by atoms with Gasteiger partial charge in [0.05, 0.1) is 0 Å². The highest BCUT2D eigenvalue weighted by atomic mass is 15.0. The van der Waals surface area contributed by atoms with Crippen molar-refractivity contribution in [2.24, 2.45) is 0 Å². The summed E-state index contributed by atoms with van der Waals surface area (Å²) in [4.78, 5) is 9.06. The van der Waals surface area contributed by atoms with Gasteiger partial charge in [-0.25, -0.2) is 9.97 Å². The van der Waals surface area contributed by atoms with Gasteiger partial charge in [0.15, 0.2) is 0 Å². The van der Waals surface area contributed by atoms with Crippen molar-refractivity contribution in [2.45, 2.75) is 44.4 Å². The van der Waals surface area contributed by atoms with Gasteiger partial charge in [-0.2, -0.15) is 0 Å². The number of aryl methyl sites for hydroxylation is 1. The summed E-state index contributed by atoms with van der Waals surface area (Å²) in [6.07, 6.45) is 7.17. The van der Waals surface area contributed by atoms with E-state index in [0.717, 1.165) is 24.5 Å². The molecule has 0 bridgehead atoms. The zero-order valence-corrected chi connectivity index (χ0v) is 8.29. The number of rotatable bonds is 1. The van der Waals surface area contributed by atoms with Crippen molar-refractivity contribution in [1.29, 1.82) is 0 Å². The van der Waals surface area contributed by atoms with Crippen LogP contribution in [0.15, 0.2) is 0 Å². The van der Waals surface area contributed by atoms with Gasteiger partial charge in [0.2, 0.25) is 0 Å². The van der Waals surface area contributed by atoms with Crippen LogP contribution < -0.4 is 5.73 Å². The van der Waals surface area contributed by atoms with Crippen LogP contribution in [0.2, 0.25) is 0 Å². The maximum absolute atomic E-state index is 5.96. The molecule has 14 heavy (non-hydrogen) atoms. The van der Waals surface area contributed by atoms with Crippen LogP contribution in [0.4, 0.5) is 5.82 Å². The third-order valence-electron chi connectivity index (χ3n) is 3.17. The van der Waals surface area contributed by atoms with E-state index in [9.17, 15) is 0 Å². The molecule has 0 unspecified atom stereocenters. The molecule has 1 saturated carbocycles. The maximum atomic E-state index is 5.96. The van der Waals surface area contributed by atoms with Crippen molar-refractivity contribution < 1.29 is 0 Å². The van der Waals surface area contributed by atoms with E-state index in [1.807, 2.05) is 0 Å². The van der Waals surface area contributed by atoms with Crippen molar-refractivity contribution in [3.05, 3.63) is 17.1 Å². The number of hydrogen-bond donors (Lipinski definition) is 1. The zero-order chi connectivity index (χ0) is 9.54. The summed E-state index contributed by atoms with van der Waals surface area (Å²) < 4.78 is 0. The van der Waals surface area contributed by atoms with Gasteiger partial charge in [-0.1, -0.05) is 0 Å². The van der Waals surface area contributed by atoms with Gasteiger partial charge in [0.1, 0.15) is 11.6 Å². The first-order valence-corrected chi connectivity index (χ1v) is 5.50. The molecule has 3 nitrogen and oxygen atoms in total. The minimum absolute atomic E-state index is 0.615. The first-order valence-electron chi connectivity index (χ1n) is 5.50. The molecule has 1 heterocycles. The molecular weight excluding hydrogens is 174 g/mol. The van der Waals surface area contributed by atoms with Crippen molar-refractivity contribution in [1.82, 2.24) is 9.97 Å². The summed E-state index contributed by atoms with van der Waals surface area (Å²) in [6, 6.07) is 0. The molecule has 1 fully saturated rings. The molecule has 2 N–H and O–H groups in total. The molecule has 0 amide bonds. The van der Waals surface area contributed by atoms with Crippen LogP contribution in [-0.4, -0.2) is 9.97 Å². The van der Waals surface area contributed by atoms with Crippen molar-refractivity contribution >= 4 is 5.82 Å². The van der Waals surface area contributed by atoms with E-state index < -0.39 is 0 Å². The van der Waals surface area contributed by atoms with E-state index in [0.29, 0.717) is 5.92 Å². The largest absolute Gasteiger partial charge is 0.383 e. The lowest BCUT2D eigenvalue weighted by Gasteiger charge is -2.16. The Morgan fingerprint density at radius 2 is 1.86 bits per heavy atom. The predicted molar refractivity (Wildman–Crippen MR) is 55.1 cm³/mol. The van der Waals surface area contributed by atoms with Crippen molar-refractivity contribution in [3.8, 4) is 0 Å². The smallest absolute Gasteiger partial charge is 0.134 e. The van der Waals surface area contributed by atoms with E-state index in [1.165, 1.54) is 36.9 Å². The lowest BCUT2D eigenvalue weighted by atomic mass is 9.96. The van der Waals surface area contributed by atoms with E-state index >= 15 is 0 Å². The number of fused-ring (bicyclic) bond motifs is 1. The van der Waals surface area contributed by atoms with Gasteiger partial charge < -0.3 is 5.73 Å². The standard InChI is InChI=1S/C11H15N3/c12-10-8-3-1-2-4-9(8)13-11(14-10)7-5-6-7/h7H,1-6H2,(H2,12,13,14). The third-order valence-corrected chi connectivity index (χ3v) is 3.17. The minimum Gasteiger partial charge on any atom is -0.383 e. The third kappa shape index (κ3) is 1.27. The summed E-state index contributed by atoms with van der Waals surface area (Å²) in [5, 5.41) is 0. The molecule has 0 saturated heterocycles. The fourth-order valence-electron chi connectivity index (χ4n) is 2.17. The number of nitrogen functional groups attached to an aromatic ring is 1. The van der Waals surface area contributed by atoms with E-state index in [4.69, 9.17) is 5.73 Å². The van der Waals surface area contributed by atoms with Gasteiger partial charge in [-0.15, -0.1) is 0 Å². The average Bonchev–Trinajstić information content (AvgIpc) is 3.01. The van der Waals surface area contributed by atoms with Gasteiger partial charge in [0.25, 0.3) is 0 Å². The predicted octanol–water partition coefficient (Wildman–Crippen LogP) is 1.81. The summed E-state index contributed by atoms with van der Waals surface area (Å²) in [5.41, 5.74) is 8.41. The van der Waals surface area contributed by atoms with Crippen LogP contribution in [0.3, 0.4) is 0 Å². The Hall–Kier alpha value is -1.12. The lowest BCUT2D eigenvalue weighted by molar-refractivity contribution is 0.656. The molecule has 3 rings (SSSR count). The van der Waals surface area contributed by atoms with Gasteiger partial charge in [0, 0.05) is 17.2 Å². The van der Waals surface area contributed by atoms with Gasteiger partial charge in [-0.3, -0.25) is 0 Å². The highest BCUT2D eigenvalue weighted by molar-refractivity contribution is 5.44. The first kappa shape index (κ1) is 8.21. The Morgan fingerprint density at radius 3 is 2.64 bits per heavy atom.